The second-order valence-corrected chi connectivity index (χ2v) is 6.98. The Labute approximate surface area is 147 Å². The lowest BCUT2D eigenvalue weighted by molar-refractivity contribution is -0.116. The average Bonchev–Trinajstić information content (AvgIpc) is 2.52. The highest BCUT2D eigenvalue weighted by atomic mass is 35.5. The molecule has 1 aromatic rings. The van der Waals surface area contributed by atoms with Gasteiger partial charge < -0.3 is 15.5 Å². The Morgan fingerprint density at radius 1 is 1.48 bits per heavy atom. The van der Waals surface area contributed by atoms with E-state index in [1.807, 2.05) is 30.9 Å². The van der Waals surface area contributed by atoms with Gasteiger partial charge in [0.1, 0.15) is 0 Å². The van der Waals surface area contributed by atoms with Crippen LogP contribution >= 0.6 is 24.2 Å². The Morgan fingerprint density at radius 2 is 2.30 bits per heavy atom. The minimum atomic E-state index is -0.00318. The molecular formula is C16H22ClN3O2S. The summed E-state index contributed by atoms with van der Waals surface area (Å²) in [7, 11) is 1.81. The van der Waals surface area contributed by atoms with Crippen LogP contribution in [0, 0.1) is 0 Å². The second-order valence-electron chi connectivity index (χ2n) is 5.83. The lowest BCUT2D eigenvalue weighted by Gasteiger charge is -2.25. The van der Waals surface area contributed by atoms with Crippen LogP contribution in [0.3, 0.4) is 0 Å². The molecular weight excluding hydrogens is 334 g/mol. The molecule has 2 amide bonds. The molecule has 3 rings (SSSR count). The summed E-state index contributed by atoms with van der Waals surface area (Å²) < 4.78 is 0. The number of benzene rings is 1. The number of likely N-dealkylation sites (N-methyl/N-ethyl adjacent to an activating group) is 1. The van der Waals surface area contributed by atoms with Gasteiger partial charge in [-0.2, -0.15) is 11.8 Å². The number of rotatable bonds is 3. The number of fused-ring (bicyclic) bond motifs is 1. The SMILES string of the molecule is CN1CCc2ccc(NC(=O)CC3CSCCN3)cc2C1=O.Cl. The smallest absolute Gasteiger partial charge is 0.253 e. The average molecular weight is 356 g/mol. The molecule has 23 heavy (non-hydrogen) atoms. The standard InChI is InChI=1S/C16H21N3O2S.ClH/c1-19-6-4-11-2-3-12(8-14(11)16(19)21)18-15(20)9-13-10-22-7-5-17-13;/h2-3,8,13,17H,4-7,9-10H2,1H3,(H,18,20);1H. The van der Waals surface area contributed by atoms with Crippen molar-refractivity contribution in [2.24, 2.45) is 0 Å². The van der Waals surface area contributed by atoms with Crippen molar-refractivity contribution in [1.29, 1.82) is 0 Å². The van der Waals surface area contributed by atoms with Gasteiger partial charge in [0.2, 0.25) is 5.91 Å². The van der Waals surface area contributed by atoms with Gasteiger partial charge >= 0.3 is 0 Å². The maximum atomic E-state index is 12.2. The van der Waals surface area contributed by atoms with E-state index in [0.717, 1.165) is 36.6 Å². The monoisotopic (exact) mass is 355 g/mol. The number of nitrogens with zero attached hydrogens (tertiary/aromatic N) is 1. The number of hydrogen-bond donors (Lipinski definition) is 2. The molecule has 0 radical (unpaired) electrons. The maximum Gasteiger partial charge on any atom is 0.253 e. The summed E-state index contributed by atoms with van der Waals surface area (Å²) in [4.78, 5) is 26.0. The molecule has 0 saturated carbocycles. The van der Waals surface area contributed by atoms with Crippen molar-refractivity contribution in [2.45, 2.75) is 18.9 Å². The minimum Gasteiger partial charge on any atom is -0.341 e. The quantitative estimate of drug-likeness (QED) is 0.867. The summed E-state index contributed by atoms with van der Waals surface area (Å²) in [5.41, 5.74) is 2.47. The zero-order valence-corrected chi connectivity index (χ0v) is 14.8. The Morgan fingerprint density at radius 3 is 3.04 bits per heavy atom. The van der Waals surface area contributed by atoms with Crippen LogP contribution < -0.4 is 10.6 Å². The molecule has 126 valence electrons. The molecule has 0 spiro atoms. The predicted molar refractivity (Wildman–Crippen MR) is 96.7 cm³/mol. The molecule has 0 aliphatic carbocycles. The van der Waals surface area contributed by atoms with Crippen LogP contribution in [0.4, 0.5) is 5.69 Å². The molecule has 5 nitrogen and oxygen atoms in total. The molecule has 7 heteroatoms. The highest BCUT2D eigenvalue weighted by Gasteiger charge is 2.22. The lowest BCUT2D eigenvalue weighted by atomic mass is 9.98. The van der Waals surface area contributed by atoms with Gasteiger partial charge in [-0.25, -0.2) is 0 Å². The zero-order valence-electron chi connectivity index (χ0n) is 13.1. The Balaban J connectivity index is 0.00000192. The molecule has 1 atom stereocenters. The maximum absolute atomic E-state index is 12.2. The van der Waals surface area contributed by atoms with Gasteiger partial charge in [-0.3, -0.25) is 9.59 Å². The van der Waals surface area contributed by atoms with Crippen molar-refractivity contribution in [3.8, 4) is 0 Å². The first-order chi connectivity index (χ1) is 10.6. The van der Waals surface area contributed by atoms with Crippen LogP contribution in [0.5, 0.6) is 0 Å². The minimum absolute atomic E-state index is 0. The second kappa shape index (κ2) is 8.04. The predicted octanol–water partition coefficient (Wildman–Crippen LogP) is 1.77. The third kappa shape index (κ3) is 4.40. The molecule has 2 aliphatic rings. The van der Waals surface area contributed by atoms with Crippen molar-refractivity contribution in [3.63, 3.8) is 0 Å². The van der Waals surface area contributed by atoms with E-state index in [0.29, 0.717) is 17.7 Å². The summed E-state index contributed by atoms with van der Waals surface area (Å²) in [5.74, 6) is 2.11. The lowest BCUT2D eigenvalue weighted by Crippen LogP contribution is -2.40. The van der Waals surface area contributed by atoms with Gasteiger partial charge in [0.05, 0.1) is 0 Å². The first-order valence-corrected chi connectivity index (χ1v) is 8.78. The van der Waals surface area contributed by atoms with Crippen molar-refractivity contribution >= 4 is 41.7 Å². The van der Waals surface area contributed by atoms with E-state index in [1.54, 1.807) is 11.0 Å². The van der Waals surface area contributed by atoms with E-state index in [4.69, 9.17) is 0 Å². The fourth-order valence-corrected chi connectivity index (χ4v) is 3.80. The fraction of sp³-hybridized carbons (Fsp3) is 0.500. The Hall–Kier alpha value is -1.24. The number of anilines is 1. The summed E-state index contributed by atoms with van der Waals surface area (Å²) in [6, 6.07) is 5.88. The molecule has 1 unspecified atom stereocenters. The van der Waals surface area contributed by atoms with Crippen LogP contribution in [-0.4, -0.2) is 54.4 Å². The van der Waals surface area contributed by atoms with E-state index >= 15 is 0 Å². The van der Waals surface area contributed by atoms with Gasteiger partial charge in [0.25, 0.3) is 5.91 Å². The third-order valence-electron chi connectivity index (χ3n) is 4.12. The van der Waals surface area contributed by atoms with E-state index in [9.17, 15) is 9.59 Å². The number of amides is 2. The molecule has 1 fully saturated rings. The summed E-state index contributed by atoms with van der Waals surface area (Å²) >= 11 is 1.88. The van der Waals surface area contributed by atoms with Crippen LogP contribution in [0.15, 0.2) is 18.2 Å². The van der Waals surface area contributed by atoms with E-state index < -0.39 is 0 Å². The highest BCUT2D eigenvalue weighted by Crippen LogP contribution is 2.22. The summed E-state index contributed by atoms with van der Waals surface area (Å²) in [6.45, 7) is 1.71. The molecule has 0 bridgehead atoms. The van der Waals surface area contributed by atoms with Crippen LogP contribution in [0.2, 0.25) is 0 Å². The highest BCUT2D eigenvalue weighted by molar-refractivity contribution is 7.99. The fourth-order valence-electron chi connectivity index (χ4n) is 2.85. The van der Waals surface area contributed by atoms with Crippen molar-refractivity contribution in [1.82, 2.24) is 10.2 Å². The molecule has 0 aromatic heterocycles. The first kappa shape index (κ1) is 18.1. The van der Waals surface area contributed by atoms with Crippen LogP contribution in [-0.2, 0) is 11.2 Å². The normalized spacial score (nSPS) is 20.5. The van der Waals surface area contributed by atoms with Crippen molar-refractivity contribution in [2.75, 3.05) is 37.0 Å². The van der Waals surface area contributed by atoms with E-state index in [2.05, 4.69) is 10.6 Å². The van der Waals surface area contributed by atoms with Gasteiger partial charge in [-0.1, -0.05) is 6.07 Å². The molecule has 1 saturated heterocycles. The number of carbonyl (C=O) groups is 2. The molecule has 1 aromatic carbocycles. The Bertz CT molecular complexity index is 591. The Kier molecular flexibility index (Phi) is 6.33. The third-order valence-corrected chi connectivity index (χ3v) is 5.25. The molecule has 2 aliphatic heterocycles. The largest absolute Gasteiger partial charge is 0.341 e. The first-order valence-electron chi connectivity index (χ1n) is 7.63. The zero-order chi connectivity index (χ0) is 15.5. The van der Waals surface area contributed by atoms with Crippen molar-refractivity contribution in [3.05, 3.63) is 29.3 Å². The van der Waals surface area contributed by atoms with Crippen LogP contribution in [0.1, 0.15) is 22.3 Å². The van der Waals surface area contributed by atoms with Gasteiger partial charge in [-0.05, 0) is 24.1 Å². The molecule has 2 N–H and O–H groups in total. The van der Waals surface area contributed by atoms with Crippen molar-refractivity contribution < 1.29 is 9.59 Å². The summed E-state index contributed by atoms with van der Waals surface area (Å²) in [5, 5.41) is 6.27. The molecule has 2 heterocycles. The van der Waals surface area contributed by atoms with E-state index in [1.165, 1.54) is 0 Å². The van der Waals surface area contributed by atoms with Gasteiger partial charge in [-0.15, -0.1) is 12.4 Å². The van der Waals surface area contributed by atoms with Crippen LogP contribution in [0.25, 0.3) is 0 Å². The number of halogens is 1. The number of carbonyl (C=O) groups excluding carboxylic acids is 2. The van der Waals surface area contributed by atoms with E-state index in [-0.39, 0.29) is 30.3 Å². The number of hydrogen-bond acceptors (Lipinski definition) is 4. The summed E-state index contributed by atoms with van der Waals surface area (Å²) in [6.07, 6.45) is 1.34. The number of thioether (sulfide) groups is 1. The number of nitrogens with one attached hydrogen (secondary N) is 2. The topological polar surface area (TPSA) is 61.4 Å². The van der Waals surface area contributed by atoms with Gasteiger partial charge in [0, 0.05) is 55.4 Å². The van der Waals surface area contributed by atoms with Gasteiger partial charge in [0.15, 0.2) is 0 Å².